The fourth-order valence-corrected chi connectivity index (χ4v) is 3.44. The van der Waals surface area contributed by atoms with Gasteiger partial charge >= 0.3 is 5.97 Å². The first-order chi connectivity index (χ1) is 12.7. The zero-order chi connectivity index (χ0) is 19.8. The Morgan fingerprint density at radius 1 is 1.04 bits per heavy atom. The van der Waals surface area contributed by atoms with Gasteiger partial charge < -0.3 is 10.2 Å². The summed E-state index contributed by atoms with van der Waals surface area (Å²) in [4.78, 5) is 10.8. The first-order valence-corrected chi connectivity index (χ1v) is 9.17. The Hall–Kier alpha value is -3.01. The summed E-state index contributed by atoms with van der Waals surface area (Å²) in [6.45, 7) is 0. The van der Waals surface area contributed by atoms with E-state index < -0.39 is 26.7 Å². The number of halogens is 1. The van der Waals surface area contributed by atoms with Crippen molar-refractivity contribution in [3.63, 3.8) is 0 Å². The summed E-state index contributed by atoms with van der Waals surface area (Å²) < 4.78 is 31.8. The summed E-state index contributed by atoms with van der Waals surface area (Å²) in [6.07, 6.45) is 0. The number of aromatic hydroxyl groups is 1. The fraction of sp³-hybridized carbons (Fsp3) is 0. The van der Waals surface area contributed by atoms with Crippen LogP contribution in [0.25, 0.3) is 10.8 Å². The minimum Gasteiger partial charge on any atom is -0.505 e. The number of carbonyl (C=O) groups is 1. The highest BCUT2D eigenvalue weighted by molar-refractivity contribution is 7.86. The second kappa shape index (κ2) is 6.95. The predicted octanol–water partition coefficient (Wildman–Crippen LogP) is 4.56. The molecule has 0 radical (unpaired) electrons. The van der Waals surface area contributed by atoms with Gasteiger partial charge in [-0.1, -0.05) is 35.9 Å². The number of hydrogen-bond donors (Lipinski definition) is 3. The molecule has 3 aromatic carbocycles. The highest BCUT2D eigenvalue weighted by atomic mass is 35.5. The number of phenols is 1. The molecule has 3 aromatic rings. The quantitative estimate of drug-likeness (QED) is 0.429. The molecule has 0 saturated carbocycles. The molecule has 0 bridgehead atoms. The molecule has 0 aliphatic heterocycles. The average molecular weight is 407 g/mol. The van der Waals surface area contributed by atoms with Crippen LogP contribution in [0.1, 0.15) is 10.4 Å². The topological polar surface area (TPSA) is 137 Å². The maximum atomic E-state index is 11.3. The number of benzene rings is 3. The Balaban J connectivity index is 2.17. The van der Waals surface area contributed by atoms with E-state index in [-0.39, 0.29) is 22.0 Å². The van der Waals surface area contributed by atoms with E-state index in [9.17, 15) is 28.0 Å². The number of carboxylic acid groups (broad SMARTS) is 1. The van der Waals surface area contributed by atoms with E-state index in [0.29, 0.717) is 10.8 Å². The summed E-state index contributed by atoms with van der Waals surface area (Å²) in [7, 11) is -4.56. The van der Waals surface area contributed by atoms with Crippen molar-refractivity contribution in [2.75, 3.05) is 0 Å². The molecule has 0 fully saturated rings. The lowest BCUT2D eigenvalue weighted by molar-refractivity contribution is 0.0694. The third-order valence-corrected chi connectivity index (χ3v) is 5.02. The monoisotopic (exact) mass is 406 g/mol. The van der Waals surface area contributed by atoms with Crippen molar-refractivity contribution >= 4 is 49.8 Å². The van der Waals surface area contributed by atoms with Gasteiger partial charge in [-0.25, -0.2) is 4.79 Å². The molecule has 0 aliphatic rings. The predicted molar refractivity (Wildman–Crippen MR) is 98.0 cm³/mol. The summed E-state index contributed by atoms with van der Waals surface area (Å²) in [6, 6.07) is 11.5. The molecule has 0 aromatic heterocycles. The molecule has 10 heteroatoms. The van der Waals surface area contributed by atoms with Crippen LogP contribution in [0.2, 0.25) is 5.02 Å². The highest BCUT2D eigenvalue weighted by Crippen LogP contribution is 2.39. The number of fused-ring (bicyclic) bond motifs is 1. The van der Waals surface area contributed by atoms with Gasteiger partial charge in [-0.15, -0.1) is 5.11 Å². The molecule has 8 nitrogen and oxygen atoms in total. The van der Waals surface area contributed by atoms with Crippen LogP contribution >= 0.6 is 11.6 Å². The molecule has 0 aliphatic carbocycles. The fourth-order valence-electron chi connectivity index (χ4n) is 2.44. The van der Waals surface area contributed by atoms with Gasteiger partial charge in [0, 0.05) is 5.39 Å². The Labute approximate surface area is 158 Å². The van der Waals surface area contributed by atoms with Crippen molar-refractivity contribution in [1.29, 1.82) is 0 Å². The normalized spacial score (nSPS) is 11.9. The molecule has 0 spiro atoms. The van der Waals surface area contributed by atoms with Gasteiger partial charge in [0.05, 0.1) is 10.7 Å². The number of rotatable bonds is 4. The standard InChI is InChI=1S/C17H11ClN2O6S/c18-13-6-5-10(8-14(13)27(24,25)26)19-20-15-11-4-2-1-3-9(11)7-12(16(15)21)17(22)23/h1-8,21H,(H,22,23)(H,24,25,26). The number of aromatic carboxylic acids is 1. The molecule has 0 atom stereocenters. The zero-order valence-corrected chi connectivity index (χ0v) is 14.9. The summed E-state index contributed by atoms with van der Waals surface area (Å²) in [5.41, 5.74) is -0.414. The van der Waals surface area contributed by atoms with Gasteiger partial charge in [-0.05, 0) is 29.7 Å². The smallest absolute Gasteiger partial charge is 0.339 e. The molecule has 0 amide bonds. The van der Waals surface area contributed by atoms with Crippen LogP contribution in [0.15, 0.2) is 63.7 Å². The number of hydrogen-bond acceptors (Lipinski definition) is 6. The third-order valence-electron chi connectivity index (χ3n) is 3.68. The Morgan fingerprint density at radius 3 is 2.41 bits per heavy atom. The Morgan fingerprint density at radius 2 is 1.74 bits per heavy atom. The molecule has 27 heavy (non-hydrogen) atoms. The van der Waals surface area contributed by atoms with Gasteiger partial charge in [0.15, 0.2) is 5.75 Å². The van der Waals surface area contributed by atoms with E-state index in [4.69, 9.17) is 11.6 Å². The van der Waals surface area contributed by atoms with Gasteiger partial charge in [0.2, 0.25) is 0 Å². The first-order valence-electron chi connectivity index (χ1n) is 7.35. The summed E-state index contributed by atoms with van der Waals surface area (Å²) >= 11 is 5.74. The molecule has 3 N–H and O–H groups in total. The van der Waals surface area contributed by atoms with Crippen molar-refractivity contribution in [2.24, 2.45) is 10.2 Å². The van der Waals surface area contributed by atoms with E-state index in [1.54, 1.807) is 24.3 Å². The van der Waals surface area contributed by atoms with Crippen LogP contribution in [0, 0.1) is 0 Å². The van der Waals surface area contributed by atoms with Crippen molar-refractivity contribution in [1.82, 2.24) is 0 Å². The lowest BCUT2D eigenvalue weighted by Crippen LogP contribution is -1.98. The van der Waals surface area contributed by atoms with Crippen LogP contribution in [0.3, 0.4) is 0 Å². The average Bonchev–Trinajstić information content (AvgIpc) is 2.60. The number of carboxylic acids is 1. The lowest BCUT2D eigenvalue weighted by Gasteiger charge is -2.07. The molecular formula is C17H11ClN2O6S. The van der Waals surface area contributed by atoms with Gasteiger partial charge in [0.25, 0.3) is 10.1 Å². The second-order valence-electron chi connectivity index (χ2n) is 5.44. The molecule has 3 rings (SSSR count). The first kappa shape index (κ1) is 18.8. The number of azo groups is 1. The molecule has 0 unspecified atom stereocenters. The van der Waals surface area contributed by atoms with Gasteiger partial charge in [-0.2, -0.15) is 13.5 Å². The zero-order valence-electron chi connectivity index (χ0n) is 13.4. The van der Waals surface area contributed by atoms with Gasteiger partial charge in [-0.3, -0.25) is 4.55 Å². The molecule has 0 heterocycles. The Bertz CT molecular complexity index is 1210. The van der Waals surface area contributed by atoms with Crippen molar-refractivity contribution in [3.05, 3.63) is 59.1 Å². The van der Waals surface area contributed by atoms with Crippen molar-refractivity contribution in [2.45, 2.75) is 4.90 Å². The van der Waals surface area contributed by atoms with E-state index in [1.807, 2.05) is 0 Å². The lowest BCUT2D eigenvalue weighted by atomic mass is 10.0. The van der Waals surface area contributed by atoms with E-state index in [2.05, 4.69) is 10.2 Å². The van der Waals surface area contributed by atoms with Crippen LogP contribution in [0.4, 0.5) is 11.4 Å². The third kappa shape index (κ3) is 3.75. The minimum absolute atomic E-state index is 0.0243. The van der Waals surface area contributed by atoms with Crippen molar-refractivity contribution in [3.8, 4) is 5.75 Å². The van der Waals surface area contributed by atoms with E-state index in [0.717, 1.165) is 6.07 Å². The van der Waals surface area contributed by atoms with Crippen LogP contribution in [-0.4, -0.2) is 29.2 Å². The molecular weight excluding hydrogens is 396 g/mol. The molecule has 0 saturated heterocycles. The largest absolute Gasteiger partial charge is 0.505 e. The SMILES string of the molecule is O=C(O)c1cc2ccccc2c(N=Nc2ccc(Cl)c(S(=O)(=O)O)c2)c1O. The van der Waals surface area contributed by atoms with Crippen LogP contribution < -0.4 is 0 Å². The van der Waals surface area contributed by atoms with Crippen LogP contribution in [0.5, 0.6) is 5.75 Å². The Kier molecular flexibility index (Phi) is 4.83. The molecule has 138 valence electrons. The van der Waals surface area contributed by atoms with E-state index in [1.165, 1.54) is 18.2 Å². The number of nitrogens with zero attached hydrogens (tertiary/aromatic N) is 2. The maximum Gasteiger partial charge on any atom is 0.339 e. The highest BCUT2D eigenvalue weighted by Gasteiger charge is 2.18. The second-order valence-corrected chi connectivity index (χ2v) is 7.23. The van der Waals surface area contributed by atoms with Gasteiger partial charge in [0.1, 0.15) is 16.1 Å². The maximum absolute atomic E-state index is 11.3. The van der Waals surface area contributed by atoms with Crippen molar-refractivity contribution < 1.29 is 28.0 Å². The summed E-state index contributed by atoms with van der Waals surface area (Å²) in [5, 5.41) is 28.0. The van der Waals surface area contributed by atoms with Crippen LogP contribution in [-0.2, 0) is 10.1 Å². The van der Waals surface area contributed by atoms with E-state index >= 15 is 0 Å². The minimum atomic E-state index is -4.56. The summed E-state index contributed by atoms with van der Waals surface area (Å²) in [5.74, 6) is -1.91.